The Balaban J connectivity index is 1.53. The molecular weight excluding hydrogens is 362 g/mol. The summed E-state index contributed by atoms with van der Waals surface area (Å²) in [6.45, 7) is 3.75. The molecule has 0 unspecified atom stereocenters. The average molecular weight is 381 g/mol. The zero-order chi connectivity index (χ0) is 19.7. The van der Waals surface area contributed by atoms with Gasteiger partial charge in [-0.1, -0.05) is 17.3 Å². The number of hydrogen-bond donors (Lipinski definition) is 0. The van der Waals surface area contributed by atoms with E-state index in [1.807, 2.05) is 30.3 Å². The zero-order valence-electron chi connectivity index (χ0n) is 15.7. The van der Waals surface area contributed by atoms with Crippen molar-refractivity contribution in [3.05, 3.63) is 59.4 Å². The fourth-order valence-corrected chi connectivity index (χ4v) is 2.96. The van der Waals surface area contributed by atoms with E-state index in [1.165, 1.54) is 0 Å². The summed E-state index contributed by atoms with van der Waals surface area (Å²) in [6, 6.07) is 12.8. The molecule has 0 saturated carbocycles. The number of fused-ring (bicyclic) bond motifs is 1. The first-order valence-corrected chi connectivity index (χ1v) is 8.74. The normalized spacial score (nSPS) is 13.2. The standard InChI is InChI=1S/C20H19N3O5/c1-12-19(21-22-23(12)15-5-4-6-16(10-15)25-3)20(24)28-13(2)14-7-8-17-18(9-14)27-11-26-17/h4-10,13H,11H2,1-3H3/t13-/m1/s1. The maximum absolute atomic E-state index is 12.6. The lowest BCUT2D eigenvalue weighted by Crippen LogP contribution is -2.11. The molecule has 2 aromatic carbocycles. The highest BCUT2D eigenvalue weighted by Gasteiger charge is 2.23. The Morgan fingerprint density at radius 3 is 2.82 bits per heavy atom. The van der Waals surface area contributed by atoms with Crippen LogP contribution in [0.25, 0.3) is 5.69 Å². The summed E-state index contributed by atoms with van der Waals surface area (Å²) < 4.78 is 23.1. The second-order valence-corrected chi connectivity index (χ2v) is 6.30. The van der Waals surface area contributed by atoms with E-state index < -0.39 is 12.1 Å². The molecule has 1 aliphatic rings. The fraction of sp³-hybridized carbons (Fsp3) is 0.250. The monoisotopic (exact) mass is 381 g/mol. The van der Waals surface area contributed by atoms with Crippen molar-refractivity contribution in [2.75, 3.05) is 13.9 Å². The molecule has 1 aliphatic heterocycles. The van der Waals surface area contributed by atoms with E-state index in [-0.39, 0.29) is 12.5 Å². The third kappa shape index (κ3) is 3.24. The van der Waals surface area contributed by atoms with Crippen molar-refractivity contribution in [1.29, 1.82) is 0 Å². The highest BCUT2D eigenvalue weighted by atomic mass is 16.7. The Morgan fingerprint density at radius 1 is 1.18 bits per heavy atom. The highest BCUT2D eigenvalue weighted by molar-refractivity contribution is 5.88. The van der Waals surface area contributed by atoms with Gasteiger partial charge in [-0.2, -0.15) is 0 Å². The number of hydrogen-bond acceptors (Lipinski definition) is 7. The molecule has 8 nitrogen and oxygen atoms in total. The van der Waals surface area contributed by atoms with Crippen molar-refractivity contribution in [2.45, 2.75) is 20.0 Å². The molecule has 1 aromatic heterocycles. The molecule has 0 spiro atoms. The third-order valence-electron chi connectivity index (χ3n) is 4.54. The largest absolute Gasteiger partial charge is 0.497 e. The molecule has 0 fully saturated rings. The van der Waals surface area contributed by atoms with Crippen molar-refractivity contribution >= 4 is 5.97 Å². The summed E-state index contributed by atoms with van der Waals surface area (Å²) >= 11 is 0. The Labute approximate surface area is 161 Å². The lowest BCUT2D eigenvalue weighted by molar-refractivity contribution is 0.0329. The van der Waals surface area contributed by atoms with Gasteiger partial charge in [-0.15, -0.1) is 5.10 Å². The maximum Gasteiger partial charge on any atom is 0.361 e. The Morgan fingerprint density at radius 2 is 2.00 bits per heavy atom. The molecular formula is C20H19N3O5. The molecule has 0 radical (unpaired) electrons. The van der Waals surface area contributed by atoms with Crippen LogP contribution in [0.15, 0.2) is 42.5 Å². The van der Waals surface area contributed by atoms with Gasteiger partial charge in [0.25, 0.3) is 0 Å². The summed E-state index contributed by atoms with van der Waals surface area (Å²) in [5.41, 5.74) is 2.29. The van der Waals surface area contributed by atoms with E-state index in [9.17, 15) is 4.79 Å². The topological polar surface area (TPSA) is 84.7 Å². The van der Waals surface area contributed by atoms with Crippen LogP contribution >= 0.6 is 0 Å². The number of methoxy groups -OCH3 is 1. The predicted molar refractivity (Wildman–Crippen MR) is 99.0 cm³/mol. The SMILES string of the molecule is COc1cccc(-n2nnc(C(=O)O[C@H](C)c3ccc4c(c3)OCO4)c2C)c1. The number of rotatable bonds is 5. The zero-order valence-corrected chi connectivity index (χ0v) is 15.7. The Kier molecular flexibility index (Phi) is 4.60. The van der Waals surface area contributed by atoms with Gasteiger partial charge in [-0.3, -0.25) is 0 Å². The number of esters is 1. The van der Waals surface area contributed by atoms with Crippen LogP contribution in [-0.2, 0) is 4.74 Å². The Bertz CT molecular complexity index is 1030. The van der Waals surface area contributed by atoms with E-state index in [4.69, 9.17) is 18.9 Å². The summed E-state index contributed by atoms with van der Waals surface area (Å²) in [4.78, 5) is 12.6. The number of benzene rings is 2. The molecule has 8 heteroatoms. The molecule has 144 valence electrons. The van der Waals surface area contributed by atoms with Crippen LogP contribution in [0.5, 0.6) is 17.2 Å². The van der Waals surface area contributed by atoms with Gasteiger partial charge >= 0.3 is 5.97 Å². The number of ether oxygens (including phenoxy) is 4. The van der Waals surface area contributed by atoms with E-state index in [1.54, 1.807) is 37.8 Å². The van der Waals surface area contributed by atoms with Crippen LogP contribution in [0, 0.1) is 6.92 Å². The minimum absolute atomic E-state index is 0.162. The molecule has 1 atom stereocenters. The second-order valence-electron chi connectivity index (χ2n) is 6.30. The molecule has 0 N–H and O–H groups in total. The van der Waals surface area contributed by atoms with Gasteiger partial charge in [0.15, 0.2) is 17.2 Å². The van der Waals surface area contributed by atoms with Crippen LogP contribution in [0.4, 0.5) is 0 Å². The summed E-state index contributed by atoms with van der Waals surface area (Å²) in [5.74, 6) is 1.46. The minimum atomic E-state index is -0.545. The highest BCUT2D eigenvalue weighted by Crippen LogP contribution is 2.35. The summed E-state index contributed by atoms with van der Waals surface area (Å²) in [6.07, 6.45) is -0.483. The molecule has 0 aliphatic carbocycles. The van der Waals surface area contributed by atoms with Crippen LogP contribution in [-0.4, -0.2) is 34.9 Å². The molecule has 0 saturated heterocycles. The number of carbonyl (C=O) groups is 1. The lowest BCUT2D eigenvalue weighted by atomic mass is 10.1. The van der Waals surface area contributed by atoms with Gasteiger partial charge in [-0.25, -0.2) is 9.48 Å². The molecule has 4 rings (SSSR count). The smallest absolute Gasteiger partial charge is 0.361 e. The first kappa shape index (κ1) is 17.8. The van der Waals surface area contributed by atoms with Crippen LogP contribution in [0.2, 0.25) is 0 Å². The molecule has 2 heterocycles. The van der Waals surface area contributed by atoms with Crippen LogP contribution in [0.3, 0.4) is 0 Å². The van der Waals surface area contributed by atoms with Crippen molar-refractivity contribution in [1.82, 2.24) is 15.0 Å². The van der Waals surface area contributed by atoms with E-state index in [0.29, 0.717) is 22.9 Å². The predicted octanol–water partition coefficient (Wildman–Crippen LogP) is 3.23. The van der Waals surface area contributed by atoms with Crippen molar-refractivity contribution in [3.63, 3.8) is 0 Å². The summed E-state index contributed by atoms with van der Waals surface area (Å²) in [7, 11) is 1.59. The first-order chi connectivity index (χ1) is 13.6. The number of carbonyl (C=O) groups excluding carboxylic acids is 1. The van der Waals surface area contributed by atoms with Gasteiger partial charge in [-0.05, 0) is 43.7 Å². The third-order valence-corrected chi connectivity index (χ3v) is 4.54. The maximum atomic E-state index is 12.6. The minimum Gasteiger partial charge on any atom is -0.497 e. The quantitative estimate of drug-likeness (QED) is 0.627. The molecule has 0 amide bonds. The van der Waals surface area contributed by atoms with Gasteiger partial charge in [0, 0.05) is 6.07 Å². The van der Waals surface area contributed by atoms with Crippen LogP contribution < -0.4 is 14.2 Å². The fourth-order valence-electron chi connectivity index (χ4n) is 2.96. The average Bonchev–Trinajstić information content (AvgIpc) is 3.33. The van der Waals surface area contributed by atoms with Gasteiger partial charge < -0.3 is 18.9 Å². The van der Waals surface area contributed by atoms with Gasteiger partial charge in [0.2, 0.25) is 6.79 Å². The molecule has 28 heavy (non-hydrogen) atoms. The van der Waals surface area contributed by atoms with E-state index in [2.05, 4.69) is 10.3 Å². The van der Waals surface area contributed by atoms with Crippen molar-refractivity contribution < 1.29 is 23.7 Å². The van der Waals surface area contributed by atoms with E-state index in [0.717, 1.165) is 11.3 Å². The van der Waals surface area contributed by atoms with Crippen molar-refractivity contribution in [3.8, 4) is 22.9 Å². The summed E-state index contributed by atoms with van der Waals surface area (Å²) in [5, 5.41) is 8.09. The molecule has 0 bridgehead atoms. The molecule has 3 aromatic rings. The van der Waals surface area contributed by atoms with E-state index >= 15 is 0 Å². The van der Waals surface area contributed by atoms with Crippen molar-refractivity contribution in [2.24, 2.45) is 0 Å². The lowest BCUT2D eigenvalue weighted by Gasteiger charge is -2.13. The number of aromatic nitrogens is 3. The van der Waals surface area contributed by atoms with Gasteiger partial charge in [0.1, 0.15) is 11.9 Å². The Hall–Kier alpha value is -3.55. The van der Waals surface area contributed by atoms with Gasteiger partial charge in [0.05, 0.1) is 18.5 Å². The number of nitrogens with zero attached hydrogens (tertiary/aromatic N) is 3. The van der Waals surface area contributed by atoms with Crippen LogP contribution in [0.1, 0.15) is 34.8 Å². The first-order valence-electron chi connectivity index (χ1n) is 8.74. The second kappa shape index (κ2) is 7.22.